The number of benzene rings is 1. The summed E-state index contributed by atoms with van der Waals surface area (Å²) in [5, 5.41) is 5.57. The van der Waals surface area contributed by atoms with Gasteiger partial charge >= 0.3 is 6.18 Å². The van der Waals surface area contributed by atoms with Crippen molar-refractivity contribution in [3.05, 3.63) is 34.4 Å². The lowest BCUT2D eigenvalue weighted by Crippen LogP contribution is -2.26. The van der Waals surface area contributed by atoms with Gasteiger partial charge in [-0.25, -0.2) is 0 Å². The minimum atomic E-state index is -4.45. The van der Waals surface area contributed by atoms with E-state index in [9.17, 15) is 18.0 Å². The van der Waals surface area contributed by atoms with Crippen LogP contribution >= 0.6 is 0 Å². The van der Waals surface area contributed by atoms with Gasteiger partial charge in [0.1, 0.15) is 0 Å². The fourth-order valence-electron chi connectivity index (χ4n) is 2.33. The smallest absolute Gasteiger partial charge is 0.348 e. The summed E-state index contributed by atoms with van der Waals surface area (Å²) in [4.78, 5) is 11.6. The number of fused-ring (bicyclic) bond motifs is 1. The van der Waals surface area contributed by atoms with E-state index in [2.05, 4.69) is 10.6 Å². The van der Waals surface area contributed by atoms with Crippen molar-refractivity contribution in [2.24, 2.45) is 5.41 Å². The average Bonchev–Trinajstić information content (AvgIpc) is 2.68. The molecule has 3 nitrogen and oxygen atoms in total. The van der Waals surface area contributed by atoms with Gasteiger partial charge in [-0.1, -0.05) is 20.8 Å². The zero-order valence-electron chi connectivity index (χ0n) is 12.3. The number of alkyl halides is 3. The molecule has 116 valence electrons. The summed E-state index contributed by atoms with van der Waals surface area (Å²) < 4.78 is 39.3. The molecule has 1 heterocycles. The van der Waals surface area contributed by atoms with E-state index in [1.807, 2.05) is 20.8 Å². The van der Waals surface area contributed by atoms with Gasteiger partial charge in [0.25, 0.3) is 5.91 Å². The fourth-order valence-corrected chi connectivity index (χ4v) is 2.33. The Morgan fingerprint density at radius 2 is 1.90 bits per heavy atom. The standard InChI is InChI=1S/C15H19F3N2O/c1-14(2,3)8-19-6-9-4-10-11(7-20-13(10)21)12(5-9)15(16,17)18/h4-5,19H,6-8H2,1-3H3,(H,20,21). The molecule has 2 rings (SSSR count). The molecule has 1 aromatic carbocycles. The van der Waals surface area contributed by atoms with Crippen molar-refractivity contribution in [3.8, 4) is 0 Å². The number of carbonyl (C=O) groups excluding carboxylic acids is 1. The Morgan fingerprint density at radius 3 is 2.48 bits per heavy atom. The summed E-state index contributed by atoms with van der Waals surface area (Å²) in [7, 11) is 0. The second-order valence-electron chi connectivity index (χ2n) is 6.51. The molecule has 0 saturated carbocycles. The van der Waals surface area contributed by atoms with Crippen molar-refractivity contribution in [1.82, 2.24) is 10.6 Å². The Bertz CT molecular complexity index is 559. The second kappa shape index (κ2) is 5.33. The molecule has 0 radical (unpaired) electrons. The van der Waals surface area contributed by atoms with Crippen LogP contribution in [-0.4, -0.2) is 12.5 Å². The summed E-state index contributed by atoms with van der Waals surface area (Å²) in [5.41, 5.74) is -0.0150. The molecule has 1 aliphatic rings. The highest BCUT2D eigenvalue weighted by atomic mass is 19.4. The highest BCUT2D eigenvalue weighted by molar-refractivity contribution is 5.99. The van der Waals surface area contributed by atoms with Gasteiger partial charge in [-0.2, -0.15) is 13.2 Å². The lowest BCUT2D eigenvalue weighted by atomic mass is 9.96. The number of amides is 1. The predicted octanol–water partition coefficient (Wildman–Crippen LogP) is 3.08. The molecular weight excluding hydrogens is 281 g/mol. The molecule has 2 N–H and O–H groups in total. The van der Waals surface area contributed by atoms with Gasteiger partial charge in [-0.15, -0.1) is 0 Å². The minimum absolute atomic E-state index is 0.0426. The predicted molar refractivity (Wildman–Crippen MR) is 73.8 cm³/mol. The monoisotopic (exact) mass is 300 g/mol. The summed E-state index contributed by atoms with van der Waals surface area (Å²) >= 11 is 0. The van der Waals surface area contributed by atoms with E-state index in [-0.39, 0.29) is 23.1 Å². The van der Waals surface area contributed by atoms with Crippen LogP contribution in [0.3, 0.4) is 0 Å². The maximum absolute atomic E-state index is 13.1. The molecule has 6 heteroatoms. The number of halogens is 3. The zero-order valence-corrected chi connectivity index (χ0v) is 12.3. The molecule has 0 spiro atoms. The maximum atomic E-state index is 13.1. The molecule has 1 aromatic rings. The Hall–Kier alpha value is -1.56. The van der Waals surface area contributed by atoms with Crippen molar-refractivity contribution in [2.75, 3.05) is 6.54 Å². The van der Waals surface area contributed by atoms with Gasteiger partial charge < -0.3 is 10.6 Å². The fraction of sp³-hybridized carbons (Fsp3) is 0.533. The first-order valence-corrected chi connectivity index (χ1v) is 6.80. The van der Waals surface area contributed by atoms with Crippen LogP contribution in [0.4, 0.5) is 13.2 Å². The summed E-state index contributed by atoms with van der Waals surface area (Å²) in [6, 6.07) is 2.68. The van der Waals surface area contributed by atoms with E-state index in [0.717, 1.165) is 6.07 Å². The summed E-state index contributed by atoms with van der Waals surface area (Å²) in [6.07, 6.45) is -4.45. The first-order valence-electron chi connectivity index (χ1n) is 6.80. The summed E-state index contributed by atoms with van der Waals surface area (Å²) in [6.45, 7) is 7.04. The van der Waals surface area contributed by atoms with E-state index in [1.165, 1.54) is 0 Å². The van der Waals surface area contributed by atoms with Crippen molar-refractivity contribution in [1.29, 1.82) is 0 Å². The second-order valence-corrected chi connectivity index (χ2v) is 6.51. The van der Waals surface area contributed by atoms with E-state index in [0.29, 0.717) is 18.7 Å². The van der Waals surface area contributed by atoms with Gasteiger partial charge in [0.2, 0.25) is 0 Å². The third kappa shape index (κ3) is 3.75. The SMILES string of the molecule is CC(C)(C)CNCc1cc2c(c(C(F)(F)F)c1)CNC2=O. The average molecular weight is 300 g/mol. The first kappa shape index (κ1) is 15.8. The van der Waals surface area contributed by atoms with Gasteiger partial charge in [-0.05, 0) is 28.7 Å². The third-order valence-corrected chi connectivity index (χ3v) is 3.27. The number of carbonyl (C=O) groups is 1. The molecule has 1 aliphatic heterocycles. The van der Waals surface area contributed by atoms with Crippen molar-refractivity contribution in [2.45, 2.75) is 40.0 Å². The van der Waals surface area contributed by atoms with Crippen LogP contribution in [0.5, 0.6) is 0 Å². The molecule has 1 amide bonds. The van der Waals surface area contributed by atoms with Crippen molar-refractivity contribution < 1.29 is 18.0 Å². The largest absolute Gasteiger partial charge is 0.416 e. The molecule has 0 bridgehead atoms. The number of nitrogens with one attached hydrogen (secondary N) is 2. The van der Waals surface area contributed by atoms with Crippen LogP contribution in [-0.2, 0) is 19.3 Å². The first-order chi connectivity index (χ1) is 9.58. The normalized spacial score (nSPS) is 15.0. The van der Waals surface area contributed by atoms with Crippen LogP contribution < -0.4 is 10.6 Å². The van der Waals surface area contributed by atoms with Gasteiger partial charge in [0.05, 0.1) is 5.56 Å². The Kier molecular flexibility index (Phi) is 4.02. The van der Waals surface area contributed by atoms with Crippen LogP contribution in [0.2, 0.25) is 0 Å². The minimum Gasteiger partial charge on any atom is -0.348 e. The van der Waals surface area contributed by atoms with Gasteiger partial charge in [-0.3, -0.25) is 4.79 Å². The molecule has 0 atom stereocenters. The molecule has 0 unspecified atom stereocenters. The zero-order chi connectivity index (χ0) is 15.8. The lowest BCUT2D eigenvalue weighted by Gasteiger charge is -2.19. The number of hydrogen-bond donors (Lipinski definition) is 2. The summed E-state index contributed by atoms with van der Waals surface area (Å²) in [5.74, 6) is -0.437. The highest BCUT2D eigenvalue weighted by Crippen LogP contribution is 2.36. The molecule has 0 saturated heterocycles. The van der Waals surface area contributed by atoms with Gasteiger partial charge in [0.15, 0.2) is 0 Å². The number of hydrogen-bond acceptors (Lipinski definition) is 2. The van der Waals surface area contributed by atoms with Crippen molar-refractivity contribution >= 4 is 5.91 Å². The van der Waals surface area contributed by atoms with Gasteiger partial charge in [0, 0.05) is 25.2 Å². The van der Waals surface area contributed by atoms with E-state index >= 15 is 0 Å². The third-order valence-electron chi connectivity index (χ3n) is 3.27. The van der Waals surface area contributed by atoms with E-state index in [4.69, 9.17) is 0 Å². The Morgan fingerprint density at radius 1 is 1.24 bits per heavy atom. The molecular formula is C15H19F3N2O. The van der Waals surface area contributed by atoms with Crippen LogP contribution in [0.1, 0.15) is 47.8 Å². The topological polar surface area (TPSA) is 41.1 Å². The molecule has 0 aromatic heterocycles. The maximum Gasteiger partial charge on any atom is 0.416 e. The van der Waals surface area contributed by atoms with Crippen molar-refractivity contribution in [3.63, 3.8) is 0 Å². The van der Waals surface area contributed by atoms with Crippen LogP contribution in [0, 0.1) is 5.41 Å². The quantitative estimate of drug-likeness (QED) is 0.900. The highest BCUT2D eigenvalue weighted by Gasteiger charge is 2.37. The van der Waals surface area contributed by atoms with E-state index in [1.54, 1.807) is 6.07 Å². The van der Waals surface area contributed by atoms with Crippen LogP contribution in [0.25, 0.3) is 0 Å². The Labute approximate surface area is 121 Å². The number of rotatable bonds is 3. The lowest BCUT2D eigenvalue weighted by molar-refractivity contribution is -0.138. The molecule has 21 heavy (non-hydrogen) atoms. The van der Waals surface area contributed by atoms with Crippen LogP contribution in [0.15, 0.2) is 12.1 Å². The van der Waals surface area contributed by atoms with E-state index < -0.39 is 17.6 Å². The molecule has 0 fully saturated rings. The Balaban J connectivity index is 2.28. The molecule has 0 aliphatic carbocycles.